The zero-order valence-corrected chi connectivity index (χ0v) is 16.1. The molecular formula is C23H25NO3. The molecule has 0 heterocycles. The summed E-state index contributed by atoms with van der Waals surface area (Å²) in [6.07, 6.45) is -0.655. The molecule has 0 spiro atoms. The van der Waals surface area contributed by atoms with Crippen LogP contribution in [0.2, 0.25) is 0 Å². The van der Waals surface area contributed by atoms with E-state index in [4.69, 9.17) is 4.74 Å². The van der Waals surface area contributed by atoms with E-state index in [-0.39, 0.29) is 17.1 Å². The summed E-state index contributed by atoms with van der Waals surface area (Å²) in [4.78, 5) is 12.6. The van der Waals surface area contributed by atoms with Gasteiger partial charge in [0, 0.05) is 16.5 Å². The molecule has 0 aliphatic carbocycles. The van der Waals surface area contributed by atoms with Gasteiger partial charge in [-0.25, -0.2) is 0 Å². The monoisotopic (exact) mass is 363 g/mol. The molecule has 2 N–H and O–H groups in total. The van der Waals surface area contributed by atoms with E-state index < -0.39 is 6.10 Å². The molecule has 4 nitrogen and oxygen atoms in total. The maximum absolute atomic E-state index is 12.6. The van der Waals surface area contributed by atoms with Gasteiger partial charge in [0.1, 0.15) is 11.5 Å². The Bertz CT molecular complexity index is 956. The van der Waals surface area contributed by atoms with Crippen molar-refractivity contribution in [3.05, 3.63) is 66.2 Å². The van der Waals surface area contributed by atoms with Crippen LogP contribution < -0.4 is 10.1 Å². The Morgan fingerprint density at radius 1 is 0.963 bits per heavy atom. The van der Waals surface area contributed by atoms with Crippen molar-refractivity contribution in [2.45, 2.75) is 39.2 Å². The van der Waals surface area contributed by atoms with Crippen LogP contribution in [0.3, 0.4) is 0 Å². The Balaban J connectivity index is 1.72. The molecule has 1 amide bonds. The lowest BCUT2D eigenvalue weighted by atomic mass is 9.87. The molecule has 0 aliphatic heterocycles. The van der Waals surface area contributed by atoms with E-state index in [9.17, 15) is 9.90 Å². The predicted octanol–water partition coefficient (Wildman–Crippen LogP) is 5.25. The SMILES string of the molecule is CC(Oc1ccc(C(C)(C)C)cc1)C(=O)Nc1cccc2c(O)cccc12. The highest BCUT2D eigenvalue weighted by Crippen LogP contribution is 2.30. The van der Waals surface area contributed by atoms with Crippen molar-refractivity contribution in [3.63, 3.8) is 0 Å². The van der Waals surface area contributed by atoms with Gasteiger partial charge in [0.15, 0.2) is 6.10 Å². The Kier molecular flexibility index (Phi) is 5.08. The van der Waals surface area contributed by atoms with Crippen LogP contribution in [0.15, 0.2) is 60.7 Å². The molecule has 3 rings (SSSR count). The van der Waals surface area contributed by atoms with E-state index in [0.29, 0.717) is 16.8 Å². The van der Waals surface area contributed by atoms with Gasteiger partial charge in [-0.15, -0.1) is 0 Å². The van der Waals surface area contributed by atoms with Crippen molar-refractivity contribution >= 4 is 22.4 Å². The van der Waals surface area contributed by atoms with Gasteiger partial charge < -0.3 is 15.2 Å². The lowest BCUT2D eigenvalue weighted by Gasteiger charge is -2.20. The molecule has 3 aromatic rings. The first kappa shape index (κ1) is 18.8. The van der Waals surface area contributed by atoms with Crippen LogP contribution in [0.25, 0.3) is 10.8 Å². The van der Waals surface area contributed by atoms with Gasteiger partial charge in [0.2, 0.25) is 0 Å². The number of fused-ring (bicyclic) bond motifs is 1. The molecule has 27 heavy (non-hydrogen) atoms. The minimum atomic E-state index is -0.655. The average Bonchev–Trinajstić information content (AvgIpc) is 2.62. The lowest BCUT2D eigenvalue weighted by molar-refractivity contribution is -0.122. The second-order valence-electron chi connectivity index (χ2n) is 7.70. The molecule has 0 saturated carbocycles. The molecule has 0 radical (unpaired) electrons. The number of anilines is 1. The molecule has 0 aliphatic rings. The van der Waals surface area contributed by atoms with Gasteiger partial charge in [0.05, 0.1) is 0 Å². The lowest BCUT2D eigenvalue weighted by Crippen LogP contribution is -2.30. The Hall–Kier alpha value is -3.01. The van der Waals surface area contributed by atoms with E-state index in [1.165, 1.54) is 5.56 Å². The summed E-state index contributed by atoms with van der Waals surface area (Å²) in [5.41, 5.74) is 1.93. The third-order valence-electron chi connectivity index (χ3n) is 4.56. The first-order valence-electron chi connectivity index (χ1n) is 9.04. The van der Waals surface area contributed by atoms with Crippen molar-refractivity contribution in [2.75, 3.05) is 5.32 Å². The molecule has 1 unspecified atom stereocenters. The van der Waals surface area contributed by atoms with E-state index in [0.717, 1.165) is 5.39 Å². The maximum atomic E-state index is 12.6. The normalized spacial score (nSPS) is 12.6. The fraction of sp³-hybridized carbons (Fsp3) is 0.261. The second kappa shape index (κ2) is 7.31. The number of aromatic hydroxyl groups is 1. The van der Waals surface area contributed by atoms with Crippen LogP contribution in [-0.2, 0) is 10.2 Å². The van der Waals surface area contributed by atoms with Crippen LogP contribution >= 0.6 is 0 Å². The smallest absolute Gasteiger partial charge is 0.265 e. The molecule has 0 saturated heterocycles. The largest absolute Gasteiger partial charge is 0.507 e. The average molecular weight is 363 g/mol. The third kappa shape index (κ3) is 4.22. The number of phenols is 1. The highest BCUT2D eigenvalue weighted by molar-refractivity contribution is 6.05. The third-order valence-corrected chi connectivity index (χ3v) is 4.56. The number of rotatable bonds is 4. The van der Waals surface area contributed by atoms with Crippen molar-refractivity contribution in [2.24, 2.45) is 0 Å². The number of benzene rings is 3. The van der Waals surface area contributed by atoms with Crippen molar-refractivity contribution in [1.29, 1.82) is 0 Å². The van der Waals surface area contributed by atoms with E-state index in [1.54, 1.807) is 25.1 Å². The summed E-state index contributed by atoms with van der Waals surface area (Å²) in [5.74, 6) is 0.596. The number of hydrogen-bond donors (Lipinski definition) is 2. The minimum Gasteiger partial charge on any atom is -0.507 e. The molecule has 0 aromatic heterocycles. The Morgan fingerprint density at radius 3 is 2.26 bits per heavy atom. The number of phenolic OH excluding ortho intramolecular Hbond substituents is 1. The molecule has 1 atom stereocenters. The van der Waals surface area contributed by atoms with E-state index in [1.807, 2.05) is 42.5 Å². The molecule has 0 bridgehead atoms. The highest BCUT2D eigenvalue weighted by atomic mass is 16.5. The van der Waals surface area contributed by atoms with Gasteiger partial charge in [-0.1, -0.05) is 57.2 Å². The van der Waals surface area contributed by atoms with Crippen LogP contribution in [0.4, 0.5) is 5.69 Å². The minimum absolute atomic E-state index is 0.0709. The highest BCUT2D eigenvalue weighted by Gasteiger charge is 2.17. The zero-order valence-electron chi connectivity index (χ0n) is 16.1. The number of hydrogen-bond acceptors (Lipinski definition) is 3. The van der Waals surface area contributed by atoms with Gasteiger partial charge in [-0.05, 0) is 42.2 Å². The van der Waals surface area contributed by atoms with Crippen LogP contribution in [0, 0.1) is 0 Å². The van der Waals surface area contributed by atoms with Crippen LogP contribution in [0.5, 0.6) is 11.5 Å². The number of carbonyl (C=O) groups excluding carboxylic acids is 1. The summed E-state index contributed by atoms with van der Waals surface area (Å²) < 4.78 is 5.79. The molecule has 4 heteroatoms. The summed E-state index contributed by atoms with van der Waals surface area (Å²) in [6, 6.07) is 18.5. The van der Waals surface area contributed by atoms with Crippen molar-refractivity contribution < 1.29 is 14.6 Å². The fourth-order valence-electron chi connectivity index (χ4n) is 2.93. The first-order valence-corrected chi connectivity index (χ1v) is 9.04. The Labute approximate surface area is 159 Å². The number of amides is 1. The second-order valence-corrected chi connectivity index (χ2v) is 7.70. The van der Waals surface area contributed by atoms with Crippen LogP contribution in [-0.4, -0.2) is 17.1 Å². The number of carbonyl (C=O) groups is 1. The zero-order chi connectivity index (χ0) is 19.6. The summed E-state index contributed by atoms with van der Waals surface area (Å²) in [6.45, 7) is 8.18. The summed E-state index contributed by atoms with van der Waals surface area (Å²) in [5, 5.41) is 14.3. The summed E-state index contributed by atoms with van der Waals surface area (Å²) >= 11 is 0. The standard InChI is InChI=1S/C23H25NO3/c1-15(27-17-13-11-16(12-14-17)23(2,3)4)22(26)24-20-9-5-8-19-18(20)7-6-10-21(19)25/h5-15,25H,1-4H3,(H,24,26). The molecule has 3 aromatic carbocycles. The van der Waals surface area contributed by atoms with Gasteiger partial charge >= 0.3 is 0 Å². The quantitative estimate of drug-likeness (QED) is 0.666. The number of ether oxygens (including phenoxy) is 1. The van der Waals surface area contributed by atoms with Crippen molar-refractivity contribution in [3.8, 4) is 11.5 Å². The van der Waals surface area contributed by atoms with E-state index in [2.05, 4.69) is 26.1 Å². The molecule has 140 valence electrons. The van der Waals surface area contributed by atoms with Gasteiger partial charge in [-0.2, -0.15) is 0 Å². The van der Waals surface area contributed by atoms with Gasteiger partial charge in [0.25, 0.3) is 5.91 Å². The maximum Gasteiger partial charge on any atom is 0.265 e. The fourth-order valence-corrected chi connectivity index (χ4v) is 2.93. The topological polar surface area (TPSA) is 58.6 Å². The van der Waals surface area contributed by atoms with Crippen LogP contribution in [0.1, 0.15) is 33.3 Å². The predicted molar refractivity (Wildman–Crippen MR) is 109 cm³/mol. The molecule has 0 fully saturated rings. The summed E-state index contributed by atoms with van der Waals surface area (Å²) in [7, 11) is 0. The number of nitrogens with one attached hydrogen (secondary N) is 1. The Morgan fingerprint density at radius 2 is 1.59 bits per heavy atom. The van der Waals surface area contributed by atoms with Crippen molar-refractivity contribution in [1.82, 2.24) is 0 Å². The molecular weight excluding hydrogens is 338 g/mol. The van der Waals surface area contributed by atoms with E-state index >= 15 is 0 Å². The first-order chi connectivity index (χ1) is 12.8. The van der Waals surface area contributed by atoms with Gasteiger partial charge in [-0.3, -0.25) is 4.79 Å².